The topological polar surface area (TPSA) is 115 Å². The maximum atomic E-state index is 13.1. The van der Waals surface area contributed by atoms with Gasteiger partial charge in [0.25, 0.3) is 0 Å². The second-order valence-corrected chi connectivity index (χ2v) is 11.5. The van der Waals surface area contributed by atoms with Crippen molar-refractivity contribution in [1.82, 2.24) is 15.1 Å². The van der Waals surface area contributed by atoms with Crippen LogP contribution in [0, 0.1) is 11.3 Å². The molecule has 0 bridgehead atoms. The van der Waals surface area contributed by atoms with Gasteiger partial charge in [0.1, 0.15) is 34.0 Å². The van der Waals surface area contributed by atoms with Gasteiger partial charge in [-0.15, -0.1) is 10.2 Å². The van der Waals surface area contributed by atoms with Crippen molar-refractivity contribution in [2.75, 3.05) is 13.7 Å². The maximum absolute atomic E-state index is 13.1. The Bertz CT molecular complexity index is 1420. The van der Waals surface area contributed by atoms with Gasteiger partial charge in [-0.2, -0.15) is 5.26 Å². The Morgan fingerprint density at radius 3 is 2.59 bits per heavy atom. The van der Waals surface area contributed by atoms with Crippen molar-refractivity contribution < 1.29 is 23.8 Å². The molecule has 1 aromatic heterocycles. The maximum Gasteiger partial charge on any atom is 0.411 e. The zero-order valence-electron chi connectivity index (χ0n) is 23.0. The molecule has 204 valence electrons. The average molecular weight is 549 g/mol. The van der Waals surface area contributed by atoms with Crippen molar-refractivity contribution >= 4 is 23.4 Å². The highest BCUT2D eigenvalue weighted by molar-refractivity contribution is 7.17. The third-order valence-electron chi connectivity index (χ3n) is 6.14. The van der Waals surface area contributed by atoms with Crippen molar-refractivity contribution in [3.63, 3.8) is 0 Å². The van der Waals surface area contributed by atoms with Gasteiger partial charge in [-0.05, 0) is 76.8 Å². The molecule has 0 unspecified atom stereocenters. The fraction of sp³-hybridized carbons (Fsp3) is 0.414. The number of hydrogen-bond donors (Lipinski definition) is 0. The van der Waals surface area contributed by atoms with Gasteiger partial charge in [0.05, 0.1) is 24.8 Å². The number of aromatic nitrogens is 2. The van der Waals surface area contributed by atoms with Crippen LogP contribution in [-0.4, -0.2) is 52.5 Å². The van der Waals surface area contributed by atoms with Crippen LogP contribution in [-0.2, 0) is 20.7 Å². The summed E-state index contributed by atoms with van der Waals surface area (Å²) in [5.74, 6) is 0.0233. The van der Waals surface area contributed by atoms with Gasteiger partial charge in [-0.1, -0.05) is 29.5 Å². The lowest BCUT2D eigenvalue weighted by Gasteiger charge is -2.31. The van der Waals surface area contributed by atoms with Crippen molar-refractivity contribution in [2.24, 2.45) is 0 Å². The number of fused-ring (bicyclic) bond motifs is 1. The van der Waals surface area contributed by atoms with E-state index in [9.17, 15) is 14.9 Å². The molecule has 0 spiro atoms. The van der Waals surface area contributed by atoms with Gasteiger partial charge >= 0.3 is 12.1 Å². The molecule has 0 fully saturated rings. The number of carbonyl (C=O) groups is 2. The van der Waals surface area contributed by atoms with Crippen LogP contribution in [0.1, 0.15) is 63.8 Å². The van der Waals surface area contributed by atoms with Crippen LogP contribution in [0.4, 0.5) is 4.79 Å². The molecule has 0 aliphatic heterocycles. The van der Waals surface area contributed by atoms with E-state index in [4.69, 9.17) is 14.2 Å². The minimum Gasteiger partial charge on any atom is -0.490 e. The Kier molecular flexibility index (Phi) is 8.21. The van der Waals surface area contributed by atoms with Gasteiger partial charge < -0.3 is 14.2 Å². The molecular formula is C29H32N4O5S. The van der Waals surface area contributed by atoms with Crippen LogP contribution in [0.25, 0.3) is 21.1 Å². The van der Waals surface area contributed by atoms with Crippen molar-refractivity contribution in [1.29, 1.82) is 5.26 Å². The van der Waals surface area contributed by atoms with E-state index in [1.54, 1.807) is 32.9 Å². The number of benzene rings is 2. The SMILES string of the molecule is COC(=O)CN(C(=O)OC(C)(C)C)[C@@H]1CCc2c(-c3nnc(-c4ccc(OC(C)C)c(C#N)c4)s3)cccc21. The van der Waals surface area contributed by atoms with E-state index >= 15 is 0 Å². The fourth-order valence-corrected chi connectivity index (χ4v) is 5.43. The van der Waals surface area contributed by atoms with Crippen molar-refractivity contribution in [3.05, 3.63) is 53.1 Å². The summed E-state index contributed by atoms with van der Waals surface area (Å²) >= 11 is 1.43. The molecule has 9 nitrogen and oxygen atoms in total. The van der Waals surface area contributed by atoms with Crippen LogP contribution in [0.5, 0.6) is 5.75 Å². The molecule has 0 saturated heterocycles. The molecular weight excluding hydrogens is 516 g/mol. The third-order valence-corrected chi connectivity index (χ3v) is 7.14. The second-order valence-electron chi connectivity index (χ2n) is 10.5. The molecule has 1 atom stereocenters. The summed E-state index contributed by atoms with van der Waals surface area (Å²) in [6.45, 7) is 8.99. The van der Waals surface area contributed by atoms with Gasteiger partial charge in [-0.25, -0.2) is 4.79 Å². The summed E-state index contributed by atoms with van der Waals surface area (Å²) in [5, 5.41) is 19.9. The van der Waals surface area contributed by atoms with Crippen molar-refractivity contribution in [2.45, 2.75) is 65.2 Å². The molecule has 4 rings (SSSR count). The molecule has 1 heterocycles. The van der Waals surface area contributed by atoms with Crippen LogP contribution < -0.4 is 4.74 Å². The number of methoxy groups -OCH3 is 1. The number of rotatable bonds is 7. The number of amides is 1. The van der Waals surface area contributed by atoms with Gasteiger partial charge in [-0.3, -0.25) is 9.69 Å². The predicted octanol–water partition coefficient (Wildman–Crippen LogP) is 5.93. The first-order valence-corrected chi connectivity index (χ1v) is 13.6. The summed E-state index contributed by atoms with van der Waals surface area (Å²) in [7, 11) is 1.30. The quantitative estimate of drug-likeness (QED) is 0.334. The van der Waals surface area contributed by atoms with Crippen LogP contribution in [0.15, 0.2) is 36.4 Å². The highest BCUT2D eigenvalue weighted by Crippen LogP contribution is 2.42. The zero-order valence-corrected chi connectivity index (χ0v) is 23.8. The third kappa shape index (κ3) is 6.37. The Balaban J connectivity index is 1.65. The lowest BCUT2D eigenvalue weighted by molar-refractivity contribution is -0.142. The minimum absolute atomic E-state index is 0.0426. The molecule has 2 aromatic carbocycles. The van der Waals surface area contributed by atoms with Crippen molar-refractivity contribution in [3.8, 4) is 33.0 Å². The monoisotopic (exact) mass is 548 g/mol. The Labute approximate surface area is 232 Å². The van der Waals surface area contributed by atoms with E-state index in [0.29, 0.717) is 29.2 Å². The Hall–Kier alpha value is -3.97. The number of ether oxygens (including phenoxy) is 3. The van der Waals surface area contributed by atoms with Crippen LogP contribution in [0.2, 0.25) is 0 Å². The standard InChI is InChI=1S/C29H32N4O5S/c1-17(2)37-24-13-10-18(14-19(24)15-30)26-31-32-27(39-26)22-9-7-8-21-20(22)11-12-23(21)33(16-25(34)36-6)28(35)38-29(3,4)5/h7-10,13-14,17,23H,11-12,16H2,1-6H3/t23-/m1/s1. The normalized spacial score (nSPS) is 14.5. The molecule has 0 N–H and O–H groups in total. The van der Waals surface area contributed by atoms with Crippen LogP contribution in [0.3, 0.4) is 0 Å². The van der Waals surface area contributed by atoms with Gasteiger partial charge in [0, 0.05) is 11.1 Å². The minimum atomic E-state index is -0.706. The van der Waals surface area contributed by atoms with E-state index in [0.717, 1.165) is 27.3 Å². The van der Waals surface area contributed by atoms with Gasteiger partial charge in [0.2, 0.25) is 0 Å². The van der Waals surface area contributed by atoms with E-state index in [2.05, 4.69) is 16.3 Å². The Morgan fingerprint density at radius 2 is 1.92 bits per heavy atom. The van der Waals surface area contributed by atoms with E-state index in [-0.39, 0.29) is 18.7 Å². The van der Waals surface area contributed by atoms with Crippen LogP contribution >= 0.6 is 11.3 Å². The second kappa shape index (κ2) is 11.4. The highest BCUT2D eigenvalue weighted by atomic mass is 32.1. The smallest absolute Gasteiger partial charge is 0.411 e. The summed E-state index contributed by atoms with van der Waals surface area (Å²) in [4.78, 5) is 26.7. The van der Waals surface area contributed by atoms with Gasteiger partial charge in [0.15, 0.2) is 0 Å². The molecule has 0 saturated carbocycles. The average Bonchev–Trinajstić information content (AvgIpc) is 3.53. The lowest BCUT2D eigenvalue weighted by atomic mass is 10.0. The first-order chi connectivity index (χ1) is 18.5. The molecule has 0 radical (unpaired) electrons. The fourth-order valence-electron chi connectivity index (χ4n) is 4.54. The summed E-state index contributed by atoms with van der Waals surface area (Å²) < 4.78 is 16.2. The van der Waals surface area contributed by atoms with E-state index in [1.807, 2.05) is 38.1 Å². The summed E-state index contributed by atoms with van der Waals surface area (Å²) in [6, 6.07) is 13.2. The van der Waals surface area contributed by atoms with E-state index in [1.165, 1.54) is 23.3 Å². The first kappa shape index (κ1) is 28.0. The molecule has 1 aliphatic carbocycles. The molecule has 1 aliphatic rings. The predicted molar refractivity (Wildman–Crippen MR) is 147 cm³/mol. The largest absolute Gasteiger partial charge is 0.490 e. The summed E-state index contributed by atoms with van der Waals surface area (Å²) in [6.07, 6.45) is 0.731. The number of nitrogens with zero attached hydrogens (tertiary/aromatic N) is 4. The molecule has 10 heteroatoms. The number of carbonyl (C=O) groups excluding carboxylic acids is 2. The zero-order chi connectivity index (χ0) is 28.3. The highest BCUT2D eigenvalue weighted by Gasteiger charge is 2.36. The lowest BCUT2D eigenvalue weighted by Crippen LogP contribution is -2.41. The molecule has 39 heavy (non-hydrogen) atoms. The Morgan fingerprint density at radius 1 is 1.18 bits per heavy atom. The molecule has 1 amide bonds. The summed E-state index contributed by atoms with van der Waals surface area (Å²) in [5.41, 5.74) is 3.45. The first-order valence-electron chi connectivity index (χ1n) is 12.7. The number of hydrogen-bond acceptors (Lipinski definition) is 9. The number of esters is 1. The van der Waals surface area contributed by atoms with E-state index < -0.39 is 17.7 Å². The molecule has 3 aromatic rings. The number of nitriles is 1.